The lowest BCUT2D eigenvalue weighted by molar-refractivity contribution is 0.0971. The topological polar surface area (TPSA) is 155 Å². The summed E-state index contributed by atoms with van der Waals surface area (Å²) in [7, 11) is 3.21. The molecule has 0 saturated carbocycles. The molecule has 3 amide bonds. The van der Waals surface area contributed by atoms with Crippen LogP contribution in [0.25, 0.3) is 0 Å². The van der Waals surface area contributed by atoms with Crippen LogP contribution in [0.15, 0.2) is 33.2 Å². The van der Waals surface area contributed by atoms with Crippen molar-refractivity contribution in [3.63, 3.8) is 0 Å². The van der Waals surface area contributed by atoms with Crippen molar-refractivity contribution >= 4 is 54.6 Å². The zero-order chi connectivity index (χ0) is 28.0. The molecule has 4 rings (SSSR count). The lowest BCUT2D eigenvalue weighted by atomic mass is 9.88. The first-order valence-corrected chi connectivity index (χ1v) is 12.6. The maximum absolute atomic E-state index is 12.8. The molecule has 0 aliphatic carbocycles. The normalized spacial score (nSPS) is 15.7. The number of hydrogen-bond acceptors (Lipinski definition) is 10. The number of benzene rings is 1. The van der Waals surface area contributed by atoms with Crippen molar-refractivity contribution in [3.05, 3.63) is 34.6 Å². The molecule has 0 unspecified atom stereocenters. The highest BCUT2D eigenvalue weighted by Crippen LogP contribution is 2.28. The van der Waals surface area contributed by atoms with Crippen LogP contribution in [-0.4, -0.2) is 92.1 Å². The van der Waals surface area contributed by atoms with E-state index >= 15 is 0 Å². The number of nitrogens with one attached hydrogen (secondary N) is 3. The van der Waals surface area contributed by atoms with E-state index in [1.807, 2.05) is 12.1 Å². The molecule has 2 aromatic rings. The number of methoxy groups -OCH3 is 2. The Labute approximate surface area is 230 Å². The van der Waals surface area contributed by atoms with E-state index in [2.05, 4.69) is 54.3 Å². The molecular formula is C25H30ClN9O4. The fourth-order valence-corrected chi connectivity index (χ4v) is 4.60. The summed E-state index contributed by atoms with van der Waals surface area (Å²) in [6, 6.07) is 5.53. The maximum Gasteiger partial charge on any atom is 0.317 e. The van der Waals surface area contributed by atoms with Gasteiger partial charge in [0.15, 0.2) is 28.4 Å². The van der Waals surface area contributed by atoms with Crippen molar-refractivity contribution < 1.29 is 19.1 Å². The van der Waals surface area contributed by atoms with Crippen LogP contribution < -0.4 is 25.4 Å². The van der Waals surface area contributed by atoms with Crippen molar-refractivity contribution in [2.24, 2.45) is 15.0 Å². The summed E-state index contributed by atoms with van der Waals surface area (Å²) in [6.07, 6.45) is 1.98. The average Bonchev–Trinajstić information content (AvgIpc) is 3.34. The number of aliphatic imine (C=N–C) groups is 3. The second-order valence-electron chi connectivity index (χ2n) is 9.04. The maximum atomic E-state index is 12.8. The van der Waals surface area contributed by atoms with Gasteiger partial charge in [0.25, 0.3) is 5.91 Å². The number of urea groups is 1. The number of nitrogens with zero attached hydrogens (tertiary/aromatic N) is 6. The smallest absolute Gasteiger partial charge is 0.317 e. The van der Waals surface area contributed by atoms with Crippen LogP contribution in [0.4, 0.5) is 16.4 Å². The van der Waals surface area contributed by atoms with Crippen molar-refractivity contribution in [1.82, 2.24) is 30.8 Å². The molecule has 0 atom stereocenters. The van der Waals surface area contributed by atoms with E-state index < -0.39 is 5.91 Å². The number of aromatic nitrogens is 2. The largest absolute Gasteiger partial charge is 0.497 e. The van der Waals surface area contributed by atoms with E-state index in [0.29, 0.717) is 62.9 Å². The van der Waals surface area contributed by atoms with Gasteiger partial charge in [-0.05, 0) is 50.4 Å². The molecule has 14 heteroatoms. The number of piperidine rings is 1. The molecular weight excluding hydrogens is 526 g/mol. The Bertz CT molecular complexity index is 1290. The van der Waals surface area contributed by atoms with Gasteiger partial charge in [-0.25, -0.2) is 24.7 Å². The average molecular weight is 556 g/mol. The zero-order valence-electron chi connectivity index (χ0n) is 21.8. The summed E-state index contributed by atoms with van der Waals surface area (Å²) in [5, 5.41) is 8.91. The monoisotopic (exact) mass is 555 g/mol. The van der Waals surface area contributed by atoms with Gasteiger partial charge >= 0.3 is 6.03 Å². The molecule has 1 spiro atoms. The molecule has 0 radical (unpaired) electrons. The highest BCUT2D eigenvalue weighted by Gasteiger charge is 2.40. The lowest BCUT2D eigenvalue weighted by Gasteiger charge is -2.39. The highest BCUT2D eigenvalue weighted by atomic mass is 35.5. The number of carbonyl (C=O) groups excluding carboxylic acids is 2. The van der Waals surface area contributed by atoms with Crippen LogP contribution >= 0.6 is 11.6 Å². The first-order valence-electron chi connectivity index (χ1n) is 12.2. The summed E-state index contributed by atoms with van der Waals surface area (Å²) in [5.74, 6) is 1.17. The Balaban J connectivity index is 1.26. The van der Waals surface area contributed by atoms with Crippen molar-refractivity contribution in [2.45, 2.75) is 24.8 Å². The van der Waals surface area contributed by atoms with Gasteiger partial charge in [0, 0.05) is 25.7 Å². The van der Waals surface area contributed by atoms with E-state index in [9.17, 15) is 9.59 Å². The third-order valence-corrected chi connectivity index (χ3v) is 6.85. The number of carbonyl (C=O) groups is 2. The predicted molar refractivity (Wildman–Crippen MR) is 149 cm³/mol. The number of rotatable bonds is 8. The van der Waals surface area contributed by atoms with E-state index in [1.54, 1.807) is 25.2 Å². The van der Waals surface area contributed by atoms with Crippen LogP contribution in [0.3, 0.4) is 0 Å². The summed E-state index contributed by atoms with van der Waals surface area (Å²) >= 11 is 6.02. The second kappa shape index (κ2) is 12.1. The Morgan fingerprint density at radius 1 is 1.10 bits per heavy atom. The van der Waals surface area contributed by atoms with Gasteiger partial charge in [0.2, 0.25) is 0 Å². The number of halogens is 1. The second-order valence-corrected chi connectivity index (χ2v) is 9.40. The van der Waals surface area contributed by atoms with Gasteiger partial charge in [-0.1, -0.05) is 11.6 Å². The third-order valence-electron chi connectivity index (χ3n) is 6.60. The van der Waals surface area contributed by atoms with Crippen LogP contribution in [0, 0.1) is 0 Å². The van der Waals surface area contributed by atoms with Gasteiger partial charge in [-0.2, -0.15) is 0 Å². The molecule has 39 heavy (non-hydrogen) atoms. The van der Waals surface area contributed by atoms with Crippen LogP contribution in [0.1, 0.15) is 28.9 Å². The molecule has 13 nitrogen and oxygen atoms in total. The Hall–Kier alpha value is -4.26. The number of guanidine groups is 1. The fourth-order valence-electron chi connectivity index (χ4n) is 4.42. The van der Waals surface area contributed by atoms with E-state index in [1.165, 1.54) is 0 Å². The van der Waals surface area contributed by atoms with Crippen LogP contribution in [-0.2, 0) is 6.42 Å². The van der Waals surface area contributed by atoms with E-state index in [-0.39, 0.29) is 34.1 Å². The summed E-state index contributed by atoms with van der Waals surface area (Å²) < 4.78 is 10.6. The molecule has 3 heterocycles. The molecule has 1 aromatic heterocycles. The molecule has 1 saturated heterocycles. The highest BCUT2D eigenvalue weighted by molar-refractivity contribution is 6.31. The summed E-state index contributed by atoms with van der Waals surface area (Å²) in [5.41, 5.74) is 0.547. The summed E-state index contributed by atoms with van der Waals surface area (Å²) in [4.78, 5) is 47.2. The summed E-state index contributed by atoms with van der Waals surface area (Å²) in [6.45, 7) is 8.82. The van der Waals surface area contributed by atoms with Crippen molar-refractivity contribution in [1.29, 1.82) is 0 Å². The van der Waals surface area contributed by atoms with Crippen molar-refractivity contribution in [3.8, 4) is 11.5 Å². The SMILES string of the molecule is C=Nc1nc(N=C)c(C(=O)NC2=NCC3(CCN(C(=O)NCCc4cc(OC)cc(OC)c4)CC3)N2)nc1Cl. The van der Waals surface area contributed by atoms with Gasteiger partial charge in [0.1, 0.15) is 11.5 Å². The third kappa shape index (κ3) is 6.42. The number of hydrogen-bond donors (Lipinski definition) is 3. The molecule has 2 aliphatic rings. The molecule has 206 valence electrons. The predicted octanol–water partition coefficient (Wildman–Crippen LogP) is 2.29. The minimum absolute atomic E-state index is 0.0162. The minimum atomic E-state index is -0.587. The number of likely N-dealkylation sites (tertiary alicyclic amines) is 1. The molecule has 1 fully saturated rings. The number of ether oxygens (including phenoxy) is 2. The van der Waals surface area contributed by atoms with Crippen molar-refractivity contribution in [2.75, 3.05) is 40.4 Å². The first-order chi connectivity index (χ1) is 18.8. The van der Waals surface area contributed by atoms with E-state index in [4.69, 9.17) is 21.1 Å². The van der Waals surface area contributed by atoms with E-state index in [0.717, 1.165) is 5.56 Å². The minimum Gasteiger partial charge on any atom is -0.497 e. The Morgan fingerprint density at radius 2 is 1.77 bits per heavy atom. The molecule has 0 bridgehead atoms. The van der Waals surface area contributed by atoms with Gasteiger partial charge in [0.05, 0.1) is 26.3 Å². The molecule has 3 N–H and O–H groups in total. The van der Waals surface area contributed by atoms with Gasteiger partial charge in [-0.3, -0.25) is 15.1 Å². The zero-order valence-corrected chi connectivity index (χ0v) is 22.5. The van der Waals surface area contributed by atoms with Crippen LogP contribution in [0.5, 0.6) is 11.5 Å². The fraction of sp³-hybridized carbons (Fsp3) is 0.400. The first kappa shape index (κ1) is 27.8. The van der Waals surface area contributed by atoms with Gasteiger partial charge in [-0.15, -0.1) is 0 Å². The van der Waals surface area contributed by atoms with Crippen LogP contribution in [0.2, 0.25) is 5.15 Å². The lowest BCUT2D eigenvalue weighted by Crippen LogP contribution is -2.58. The Kier molecular flexibility index (Phi) is 8.59. The number of amides is 3. The molecule has 2 aliphatic heterocycles. The Morgan fingerprint density at radius 3 is 2.38 bits per heavy atom. The standard InChI is InChI=1S/C25H30ClN9O4/c1-27-20-18(31-19(26)21(28-2)32-20)22(36)33-23-30-14-25(34-23)6-9-35(10-7-25)24(37)29-8-5-15-11-16(38-3)13-17(12-15)39-4/h11-13H,1-2,5-10,14H2,3-4H3,(H,29,37)(H2,30,33,34,36). The molecule has 1 aromatic carbocycles. The quantitative estimate of drug-likeness (QED) is 0.422. The van der Waals surface area contributed by atoms with Gasteiger partial charge < -0.3 is 25.0 Å².